The lowest BCUT2D eigenvalue weighted by Crippen LogP contribution is -2.28. The van der Waals surface area contributed by atoms with E-state index in [0.717, 1.165) is 6.07 Å². The van der Waals surface area contributed by atoms with Crippen molar-refractivity contribution in [3.05, 3.63) is 34.1 Å². The van der Waals surface area contributed by atoms with Crippen molar-refractivity contribution >= 4 is 26.0 Å². The van der Waals surface area contributed by atoms with Gasteiger partial charge in [-0.25, -0.2) is 21.9 Å². The quantitative estimate of drug-likeness (QED) is 0.847. The average molecular weight is 368 g/mol. The van der Waals surface area contributed by atoms with Crippen LogP contribution in [-0.4, -0.2) is 29.0 Å². The van der Waals surface area contributed by atoms with E-state index in [2.05, 4.69) is 41.3 Å². The summed E-state index contributed by atoms with van der Waals surface area (Å²) in [6, 6.07) is 0.504. The number of hydrogen-bond acceptors (Lipinski definition) is 5. The maximum atomic E-state index is 13.7. The number of tetrazole rings is 1. The van der Waals surface area contributed by atoms with E-state index in [1.165, 1.54) is 6.92 Å². The predicted molar refractivity (Wildman–Crippen MR) is 67.0 cm³/mol. The molecule has 1 aromatic carbocycles. The molecule has 2 N–H and O–H groups in total. The third kappa shape index (κ3) is 2.99. The fourth-order valence-corrected chi connectivity index (χ4v) is 3.85. The average Bonchev–Trinajstić information content (AvgIpc) is 2.78. The van der Waals surface area contributed by atoms with E-state index in [0.29, 0.717) is 6.07 Å². The molecule has 0 aliphatic rings. The molecule has 0 aliphatic carbocycles. The number of nitrogens with zero attached hydrogens (tertiary/aromatic N) is 3. The number of nitrogens with one attached hydrogen (secondary N) is 2. The molecule has 1 atom stereocenters. The molecule has 0 bridgehead atoms. The Hall–Kier alpha value is -1.46. The summed E-state index contributed by atoms with van der Waals surface area (Å²) in [6.45, 7) is 1.46. The van der Waals surface area contributed by atoms with Gasteiger partial charge in [0.25, 0.3) is 0 Å². The van der Waals surface area contributed by atoms with Crippen molar-refractivity contribution in [3.8, 4) is 0 Å². The zero-order chi connectivity index (χ0) is 14.9. The number of H-pyrrole nitrogens is 1. The van der Waals surface area contributed by atoms with Crippen molar-refractivity contribution in [2.24, 2.45) is 0 Å². The standard InChI is InChI=1S/C9H8BrF2N5O2S/c1-4(9-13-16-17-14-9)15-20(18,19)8-6(10)2-5(11)3-7(8)12/h2-4,15H,1H3,(H,13,14,16,17). The van der Waals surface area contributed by atoms with Crippen LogP contribution in [0.5, 0.6) is 0 Å². The van der Waals surface area contributed by atoms with Gasteiger partial charge in [-0.15, -0.1) is 10.2 Å². The van der Waals surface area contributed by atoms with Crippen LogP contribution in [-0.2, 0) is 10.0 Å². The van der Waals surface area contributed by atoms with E-state index in [9.17, 15) is 17.2 Å². The first-order chi connectivity index (χ1) is 9.31. The first-order valence-electron chi connectivity index (χ1n) is 5.21. The summed E-state index contributed by atoms with van der Waals surface area (Å²) in [5, 5.41) is 12.7. The largest absolute Gasteiger partial charge is 0.245 e. The molecular weight excluding hydrogens is 360 g/mol. The van der Waals surface area contributed by atoms with Crippen LogP contribution in [0.15, 0.2) is 21.5 Å². The minimum atomic E-state index is -4.22. The van der Waals surface area contributed by atoms with Crippen LogP contribution in [0.3, 0.4) is 0 Å². The maximum absolute atomic E-state index is 13.7. The molecule has 1 unspecified atom stereocenters. The zero-order valence-electron chi connectivity index (χ0n) is 9.93. The van der Waals surface area contributed by atoms with E-state index in [1.54, 1.807) is 0 Å². The van der Waals surface area contributed by atoms with Gasteiger partial charge in [-0.3, -0.25) is 0 Å². The fourth-order valence-electron chi connectivity index (χ4n) is 1.48. The Labute approximate surface area is 121 Å². The van der Waals surface area contributed by atoms with Crippen LogP contribution in [0.4, 0.5) is 8.78 Å². The molecule has 2 aromatic rings. The molecule has 7 nitrogen and oxygen atoms in total. The van der Waals surface area contributed by atoms with Crippen LogP contribution in [0, 0.1) is 11.6 Å². The maximum Gasteiger partial charge on any atom is 0.245 e. The van der Waals surface area contributed by atoms with Crippen molar-refractivity contribution in [1.82, 2.24) is 25.3 Å². The van der Waals surface area contributed by atoms with Gasteiger partial charge >= 0.3 is 0 Å². The normalized spacial score (nSPS) is 13.4. The predicted octanol–water partition coefficient (Wildman–Crippen LogP) is 1.28. The second-order valence-corrected chi connectivity index (χ2v) is 6.32. The summed E-state index contributed by atoms with van der Waals surface area (Å²) in [4.78, 5) is -0.686. The molecular formula is C9H8BrF2N5O2S. The highest BCUT2D eigenvalue weighted by Gasteiger charge is 2.27. The summed E-state index contributed by atoms with van der Waals surface area (Å²) in [6.07, 6.45) is 0. The van der Waals surface area contributed by atoms with Crippen molar-refractivity contribution in [1.29, 1.82) is 0 Å². The SMILES string of the molecule is CC(NS(=O)(=O)c1c(F)cc(F)cc1Br)c1nn[nH]n1. The highest BCUT2D eigenvalue weighted by molar-refractivity contribution is 9.10. The Morgan fingerprint density at radius 1 is 1.40 bits per heavy atom. The minimum Gasteiger partial charge on any atom is -0.207 e. The number of rotatable bonds is 4. The number of sulfonamides is 1. The second kappa shape index (κ2) is 5.50. The van der Waals surface area contributed by atoms with Gasteiger partial charge in [0.15, 0.2) is 5.82 Å². The Morgan fingerprint density at radius 2 is 2.10 bits per heavy atom. The van der Waals surface area contributed by atoms with Crippen molar-refractivity contribution < 1.29 is 17.2 Å². The number of halogens is 3. The summed E-state index contributed by atoms with van der Waals surface area (Å²) >= 11 is 2.82. The fraction of sp³-hybridized carbons (Fsp3) is 0.222. The monoisotopic (exact) mass is 367 g/mol. The van der Waals surface area contributed by atoms with Crippen LogP contribution in [0.2, 0.25) is 0 Å². The molecule has 1 aromatic heterocycles. The topological polar surface area (TPSA) is 101 Å². The molecule has 0 spiro atoms. The van der Waals surface area contributed by atoms with Gasteiger partial charge in [-0.2, -0.15) is 5.21 Å². The molecule has 0 aliphatic heterocycles. The van der Waals surface area contributed by atoms with Gasteiger partial charge in [-0.05, 0) is 28.9 Å². The van der Waals surface area contributed by atoms with E-state index < -0.39 is 32.6 Å². The van der Waals surface area contributed by atoms with Crippen LogP contribution in [0.1, 0.15) is 18.8 Å². The highest BCUT2D eigenvalue weighted by atomic mass is 79.9. The Morgan fingerprint density at radius 3 is 2.65 bits per heavy atom. The highest BCUT2D eigenvalue weighted by Crippen LogP contribution is 2.27. The zero-order valence-corrected chi connectivity index (χ0v) is 12.3. The lowest BCUT2D eigenvalue weighted by atomic mass is 10.3. The van der Waals surface area contributed by atoms with Gasteiger partial charge in [-0.1, -0.05) is 5.21 Å². The molecule has 108 valence electrons. The molecule has 0 fully saturated rings. The Kier molecular flexibility index (Phi) is 4.11. The number of hydrogen-bond donors (Lipinski definition) is 2. The molecule has 1 heterocycles. The summed E-state index contributed by atoms with van der Waals surface area (Å²) in [5.74, 6) is -2.00. The summed E-state index contributed by atoms with van der Waals surface area (Å²) in [5.41, 5.74) is 0. The molecule has 20 heavy (non-hydrogen) atoms. The van der Waals surface area contributed by atoms with Gasteiger partial charge < -0.3 is 0 Å². The van der Waals surface area contributed by atoms with E-state index in [1.807, 2.05) is 0 Å². The third-order valence-corrected chi connectivity index (χ3v) is 4.82. The van der Waals surface area contributed by atoms with Gasteiger partial charge in [0, 0.05) is 10.5 Å². The van der Waals surface area contributed by atoms with Crippen LogP contribution in [0.25, 0.3) is 0 Å². The lowest BCUT2D eigenvalue weighted by molar-refractivity contribution is 0.531. The smallest absolute Gasteiger partial charge is 0.207 e. The minimum absolute atomic E-state index is 0.0900. The Bertz CT molecular complexity index is 699. The lowest BCUT2D eigenvalue weighted by Gasteiger charge is -2.12. The molecule has 0 amide bonds. The van der Waals surface area contributed by atoms with E-state index >= 15 is 0 Å². The van der Waals surface area contributed by atoms with Gasteiger partial charge in [0.05, 0.1) is 6.04 Å². The molecule has 2 rings (SSSR count). The Balaban J connectivity index is 2.37. The van der Waals surface area contributed by atoms with Crippen molar-refractivity contribution in [2.45, 2.75) is 17.9 Å². The third-order valence-electron chi connectivity index (χ3n) is 2.31. The van der Waals surface area contributed by atoms with Crippen molar-refractivity contribution in [2.75, 3.05) is 0 Å². The van der Waals surface area contributed by atoms with Crippen molar-refractivity contribution in [3.63, 3.8) is 0 Å². The van der Waals surface area contributed by atoms with Crippen LogP contribution < -0.4 is 4.72 Å². The second-order valence-electron chi connectivity index (χ2n) is 3.81. The first kappa shape index (κ1) is 14.9. The van der Waals surface area contributed by atoms with Gasteiger partial charge in [0.2, 0.25) is 10.0 Å². The molecule has 0 saturated carbocycles. The number of benzene rings is 1. The van der Waals surface area contributed by atoms with Gasteiger partial charge in [0.1, 0.15) is 16.5 Å². The summed E-state index contributed by atoms with van der Waals surface area (Å²) < 4.78 is 52.8. The first-order valence-corrected chi connectivity index (χ1v) is 7.49. The molecule has 0 radical (unpaired) electrons. The van der Waals surface area contributed by atoms with Crippen LogP contribution >= 0.6 is 15.9 Å². The molecule has 11 heteroatoms. The van der Waals surface area contributed by atoms with E-state index in [-0.39, 0.29) is 10.3 Å². The summed E-state index contributed by atoms with van der Waals surface area (Å²) in [7, 11) is -4.22. The molecule has 0 saturated heterocycles. The van der Waals surface area contributed by atoms with E-state index in [4.69, 9.17) is 0 Å². The number of aromatic nitrogens is 4. The number of aromatic amines is 1.